The number of anilines is 1. The van der Waals surface area contributed by atoms with Crippen molar-refractivity contribution >= 4 is 21.2 Å². The van der Waals surface area contributed by atoms with E-state index in [0.29, 0.717) is 25.4 Å². The van der Waals surface area contributed by atoms with Crippen molar-refractivity contribution in [2.24, 2.45) is 0 Å². The van der Waals surface area contributed by atoms with Crippen molar-refractivity contribution in [2.75, 3.05) is 24.2 Å². The third-order valence-corrected chi connectivity index (χ3v) is 5.87. The van der Waals surface area contributed by atoms with Gasteiger partial charge in [0.1, 0.15) is 10.7 Å². The first-order valence-electron chi connectivity index (χ1n) is 8.83. The maximum absolute atomic E-state index is 12.9. The van der Waals surface area contributed by atoms with E-state index in [2.05, 4.69) is 0 Å². The molecular formula is C19H21FN2O5S. The van der Waals surface area contributed by atoms with Gasteiger partial charge in [-0.2, -0.15) is 0 Å². The molecule has 0 amide bonds. The minimum Gasteiger partial charge on any atom is -0.373 e. The molecule has 0 saturated carbocycles. The number of sulfone groups is 1. The molecule has 3 rings (SSSR count). The minimum absolute atomic E-state index is 0.0497. The van der Waals surface area contributed by atoms with Crippen LogP contribution in [0, 0.1) is 15.9 Å². The molecule has 28 heavy (non-hydrogen) atoms. The summed E-state index contributed by atoms with van der Waals surface area (Å²) in [5, 5.41) is 11.1. The maximum atomic E-state index is 12.9. The van der Waals surface area contributed by atoms with Crippen LogP contribution in [0.25, 0.3) is 0 Å². The summed E-state index contributed by atoms with van der Waals surface area (Å²) >= 11 is 0. The Bertz CT molecular complexity index is 955. The van der Waals surface area contributed by atoms with E-state index in [1.54, 1.807) is 18.2 Å². The summed E-state index contributed by atoms with van der Waals surface area (Å²) in [6.07, 6.45) is 2.50. The van der Waals surface area contributed by atoms with Gasteiger partial charge < -0.3 is 9.64 Å². The lowest BCUT2D eigenvalue weighted by molar-refractivity contribution is -0.387. The molecule has 2 aromatic rings. The Labute approximate surface area is 162 Å². The Morgan fingerprint density at radius 2 is 1.82 bits per heavy atom. The number of nitrogens with zero attached hydrogens (tertiary/aromatic N) is 2. The fourth-order valence-corrected chi connectivity index (χ4v) is 4.08. The lowest BCUT2D eigenvalue weighted by Crippen LogP contribution is -2.37. The average molecular weight is 408 g/mol. The second-order valence-corrected chi connectivity index (χ2v) is 8.79. The van der Waals surface area contributed by atoms with Crippen LogP contribution in [0.2, 0.25) is 0 Å². The number of benzene rings is 2. The van der Waals surface area contributed by atoms with Gasteiger partial charge in [0.05, 0.1) is 17.6 Å². The number of halogens is 1. The summed E-state index contributed by atoms with van der Waals surface area (Å²) in [6, 6.07) is 10.4. The van der Waals surface area contributed by atoms with E-state index < -0.39 is 20.4 Å². The Hall–Kier alpha value is -2.52. The van der Waals surface area contributed by atoms with Gasteiger partial charge in [0.15, 0.2) is 9.84 Å². The molecule has 7 nitrogen and oxygen atoms in total. The van der Waals surface area contributed by atoms with Gasteiger partial charge in [-0.1, -0.05) is 12.1 Å². The molecule has 1 aliphatic heterocycles. The molecular weight excluding hydrogens is 387 g/mol. The average Bonchev–Trinajstić information content (AvgIpc) is 2.67. The minimum atomic E-state index is -3.71. The van der Waals surface area contributed by atoms with Gasteiger partial charge in [-0.25, -0.2) is 12.8 Å². The Morgan fingerprint density at radius 1 is 1.18 bits per heavy atom. The van der Waals surface area contributed by atoms with Crippen LogP contribution in [0.15, 0.2) is 47.4 Å². The van der Waals surface area contributed by atoms with Crippen molar-refractivity contribution in [2.45, 2.75) is 30.4 Å². The third kappa shape index (κ3) is 4.85. The first-order valence-corrected chi connectivity index (χ1v) is 10.7. The van der Waals surface area contributed by atoms with Gasteiger partial charge in [0, 0.05) is 31.1 Å². The second-order valence-electron chi connectivity index (χ2n) is 6.81. The van der Waals surface area contributed by atoms with Crippen molar-refractivity contribution in [1.82, 2.24) is 0 Å². The quantitative estimate of drug-likeness (QED) is 0.538. The van der Waals surface area contributed by atoms with Crippen molar-refractivity contribution < 1.29 is 22.5 Å². The summed E-state index contributed by atoms with van der Waals surface area (Å²) in [5.41, 5.74) is 1.13. The highest BCUT2D eigenvalue weighted by atomic mass is 32.2. The van der Waals surface area contributed by atoms with Gasteiger partial charge in [-0.15, -0.1) is 0 Å². The van der Waals surface area contributed by atoms with E-state index in [1.807, 2.05) is 4.90 Å². The van der Waals surface area contributed by atoms with E-state index in [0.717, 1.165) is 24.7 Å². The van der Waals surface area contributed by atoms with Gasteiger partial charge in [0.25, 0.3) is 5.69 Å². The summed E-state index contributed by atoms with van der Waals surface area (Å²) in [7, 11) is -3.71. The molecule has 0 bridgehead atoms. The number of hydrogen-bond acceptors (Lipinski definition) is 6. The van der Waals surface area contributed by atoms with Crippen LogP contribution in [0.1, 0.15) is 18.4 Å². The molecule has 9 heteroatoms. The van der Waals surface area contributed by atoms with Crippen LogP contribution in [0.4, 0.5) is 15.8 Å². The van der Waals surface area contributed by atoms with Crippen LogP contribution >= 0.6 is 0 Å². The van der Waals surface area contributed by atoms with E-state index in [9.17, 15) is 22.9 Å². The standard InChI is InChI=1S/C19H21FN2O5S/c1-28(25,26)19-12-16(6-7-18(19)22(23)24)21-10-8-17(9-11-21)27-13-14-2-4-15(20)5-3-14/h2-7,12,17H,8-11,13H2,1H3. The smallest absolute Gasteiger partial charge is 0.288 e. The molecule has 1 aliphatic rings. The van der Waals surface area contributed by atoms with E-state index in [4.69, 9.17) is 4.74 Å². The maximum Gasteiger partial charge on any atom is 0.288 e. The van der Waals surface area contributed by atoms with Crippen molar-refractivity contribution in [1.29, 1.82) is 0 Å². The molecule has 0 atom stereocenters. The summed E-state index contributed by atoms with van der Waals surface area (Å²) in [6.45, 7) is 1.70. The van der Waals surface area contributed by atoms with E-state index >= 15 is 0 Å². The van der Waals surface area contributed by atoms with Crippen molar-refractivity contribution in [3.63, 3.8) is 0 Å². The molecule has 0 aliphatic carbocycles. The normalized spacial score (nSPS) is 15.6. The molecule has 0 unspecified atom stereocenters. The molecule has 0 N–H and O–H groups in total. The largest absolute Gasteiger partial charge is 0.373 e. The highest BCUT2D eigenvalue weighted by Gasteiger charge is 2.26. The topological polar surface area (TPSA) is 89.8 Å². The number of hydrogen-bond donors (Lipinski definition) is 0. The Morgan fingerprint density at radius 3 is 2.39 bits per heavy atom. The lowest BCUT2D eigenvalue weighted by atomic mass is 10.1. The van der Waals surface area contributed by atoms with Crippen LogP contribution in [0.5, 0.6) is 0 Å². The van der Waals surface area contributed by atoms with Gasteiger partial charge in [0.2, 0.25) is 0 Å². The molecule has 0 radical (unpaired) electrons. The SMILES string of the molecule is CS(=O)(=O)c1cc(N2CCC(OCc3ccc(F)cc3)CC2)ccc1[N+](=O)[O-]. The number of ether oxygens (including phenoxy) is 1. The van der Waals surface area contributed by atoms with Gasteiger partial charge >= 0.3 is 0 Å². The molecule has 150 valence electrons. The molecule has 1 saturated heterocycles. The van der Waals surface area contributed by atoms with E-state index in [1.165, 1.54) is 24.3 Å². The van der Waals surface area contributed by atoms with Crippen molar-refractivity contribution in [3.05, 3.63) is 64.0 Å². The van der Waals surface area contributed by atoms with Crippen LogP contribution < -0.4 is 4.90 Å². The first-order chi connectivity index (χ1) is 13.2. The Balaban J connectivity index is 1.63. The summed E-state index contributed by atoms with van der Waals surface area (Å²) in [4.78, 5) is 12.1. The monoisotopic (exact) mass is 408 g/mol. The predicted octanol–water partition coefficient (Wildman–Crippen LogP) is 3.32. The highest BCUT2D eigenvalue weighted by Crippen LogP contribution is 2.30. The lowest BCUT2D eigenvalue weighted by Gasteiger charge is -2.33. The number of rotatable bonds is 6. The highest BCUT2D eigenvalue weighted by molar-refractivity contribution is 7.90. The molecule has 1 fully saturated rings. The molecule has 2 aromatic carbocycles. The zero-order valence-corrected chi connectivity index (χ0v) is 16.2. The fraction of sp³-hybridized carbons (Fsp3) is 0.368. The zero-order chi connectivity index (χ0) is 20.3. The number of piperidine rings is 1. The number of nitro groups is 1. The third-order valence-electron chi connectivity index (χ3n) is 4.75. The predicted molar refractivity (Wildman–Crippen MR) is 103 cm³/mol. The number of nitro benzene ring substituents is 1. The fourth-order valence-electron chi connectivity index (χ4n) is 3.22. The van der Waals surface area contributed by atoms with Crippen LogP contribution in [-0.2, 0) is 21.2 Å². The van der Waals surface area contributed by atoms with Crippen molar-refractivity contribution in [3.8, 4) is 0 Å². The van der Waals surface area contributed by atoms with Gasteiger partial charge in [-0.3, -0.25) is 10.1 Å². The van der Waals surface area contributed by atoms with Gasteiger partial charge in [-0.05, 0) is 42.7 Å². The zero-order valence-electron chi connectivity index (χ0n) is 15.4. The molecule has 0 spiro atoms. The van der Waals surface area contributed by atoms with Crippen LogP contribution in [-0.4, -0.2) is 38.8 Å². The Kier molecular flexibility index (Phi) is 5.95. The first kappa shape index (κ1) is 20.2. The molecule has 0 aromatic heterocycles. The van der Waals surface area contributed by atoms with Crippen LogP contribution in [0.3, 0.4) is 0 Å². The summed E-state index contributed by atoms with van der Waals surface area (Å²) < 4.78 is 42.7. The summed E-state index contributed by atoms with van der Waals surface area (Å²) in [5.74, 6) is -0.284. The van der Waals surface area contributed by atoms with E-state index in [-0.39, 0.29) is 16.8 Å². The molecule has 1 heterocycles. The second kappa shape index (κ2) is 8.24.